The molecular weight excluding hydrogens is 282 g/mol. The first-order valence-electron chi connectivity index (χ1n) is 6.47. The van der Waals surface area contributed by atoms with Crippen LogP contribution in [0.5, 0.6) is 5.75 Å². The number of ether oxygens (including phenoxy) is 1. The zero-order valence-corrected chi connectivity index (χ0v) is 11.8. The molecule has 0 radical (unpaired) electrons. The number of carboxylic acid groups (broad SMARTS) is 1. The van der Waals surface area contributed by atoms with Crippen molar-refractivity contribution >= 4 is 23.5 Å². The Labute approximate surface area is 121 Å². The first kappa shape index (κ1) is 14.7. The number of aliphatic carboxylic acids is 1. The molecule has 0 atom stereocenters. The summed E-state index contributed by atoms with van der Waals surface area (Å²) in [6.45, 7) is 2.26. The van der Waals surface area contributed by atoms with Crippen molar-refractivity contribution in [1.82, 2.24) is 5.32 Å². The summed E-state index contributed by atoms with van der Waals surface area (Å²) in [5.41, 5.74) is 0.412. The number of benzene rings is 1. The lowest BCUT2D eigenvalue weighted by Crippen LogP contribution is -2.46. The molecule has 5 nitrogen and oxygen atoms in total. The standard InChI is InChI=1S/C14H16ClNO4/c1-2-20-12-7-9(15)3-4-11(12)13(17)16-10-5-8(6-10)14(18)19/h3-4,7-8,10H,2,5-6H2,1H3,(H,16,17)(H,18,19). The van der Waals surface area contributed by atoms with Gasteiger partial charge in [-0.05, 0) is 38.0 Å². The molecule has 0 unspecified atom stereocenters. The van der Waals surface area contributed by atoms with Gasteiger partial charge in [-0.2, -0.15) is 0 Å². The Bertz CT molecular complexity index is 526. The molecule has 0 bridgehead atoms. The molecule has 1 saturated carbocycles. The number of amides is 1. The summed E-state index contributed by atoms with van der Waals surface area (Å²) in [5, 5.41) is 12.1. The molecule has 1 aromatic rings. The lowest BCUT2D eigenvalue weighted by Gasteiger charge is -2.32. The fourth-order valence-corrected chi connectivity index (χ4v) is 2.32. The summed E-state index contributed by atoms with van der Waals surface area (Å²) in [7, 11) is 0. The molecule has 20 heavy (non-hydrogen) atoms. The van der Waals surface area contributed by atoms with E-state index in [1.54, 1.807) is 18.2 Å². The van der Waals surface area contributed by atoms with Crippen molar-refractivity contribution in [3.05, 3.63) is 28.8 Å². The van der Waals surface area contributed by atoms with E-state index in [0.717, 1.165) is 0 Å². The second-order valence-corrected chi connectivity index (χ2v) is 5.19. The summed E-state index contributed by atoms with van der Waals surface area (Å²) in [4.78, 5) is 22.9. The van der Waals surface area contributed by atoms with Gasteiger partial charge in [0.05, 0.1) is 18.1 Å². The summed E-state index contributed by atoms with van der Waals surface area (Å²) in [6.07, 6.45) is 0.942. The smallest absolute Gasteiger partial charge is 0.306 e. The van der Waals surface area contributed by atoms with Crippen LogP contribution in [-0.2, 0) is 4.79 Å². The van der Waals surface area contributed by atoms with Gasteiger partial charge in [0.15, 0.2) is 0 Å². The molecule has 1 fully saturated rings. The van der Waals surface area contributed by atoms with Gasteiger partial charge in [0.1, 0.15) is 5.75 Å². The highest BCUT2D eigenvalue weighted by Crippen LogP contribution is 2.29. The number of halogens is 1. The van der Waals surface area contributed by atoms with Gasteiger partial charge in [-0.15, -0.1) is 0 Å². The van der Waals surface area contributed by atoms with E-state index in [4.69, 9.17) is 21.4 Å². The van der Waals surface area contributed by atoms with Crippen LogP contribution in [0.4, 0.5) is 0 Å². The van der Waals surface area contributed by atoms with Gasteiger partial charge in [0.2, 0.25) is 0 Å². The van der Waals surface area contributed by atoms with Crippen molar-refractivity contribution in [3.8, 4) is 5.75 Å². The Morgan fingerprint density at radius 3 is 2.75 bits per heavy atom. The lowest BCUT2D eigenvalue weighted by molar-refractivity contribution is -0.145. The molecule has 2 rings (SSSR count). The molecule has 1 amide bonds. The third-order valence-corrected chi connectivity index (χ3v) is 3.55. The van der Waals surface area contributed by atoms with Gasteiger partial charge in [-0.25, -0.2) is 0 Å². The maximum absolute atomic E-state index is 12.1. The Morgan fingerprint density at radius 2 is 2.15 bits per heavy atom. The highest BCUT2D eigenvalue weighted by atomic mass is 35.5. The Balaban J connectivity index is 2.01. The minimum absolute atomic E-state index is 0.0891. The van der Waals surface area contributed by atoms with Crippen LogP contribution in [0.2, 0.25) is 5.02 Å². The average molecular weight is 298 g/mol. The Hall–Kier alpha value is -1.75. The van der Waals surface area contributed by atoms with Gasteiger partial charge in [-0.3, -0.25) is 9.59 Å². The van der Waals surface area contributed by atoms with Crippen molar-refractivity contribution in [1.29, 1.82) is 0 Å². The summed E-state index contributed by atoms with van der Waals surface area (Å²) in [6, 6.07) is 4.74. The zero-order valence-electron chi connectivity index (χ0n) is 11.1. The maximum atomic E-state index is 12.1. The molecule has 6 heteroatoms. The van der Waals surface area contributed by atoms with Crippen LogP contribution >= 0.6 is 11.6 Å². The van der Waals surface area contributed by atoms with Gasteiger partial charge in [-0.1, -0.05) is 11.6 Å². The first-order chi connectivity index (χ1) is 9.51. The molecule has 0 aromatic heterocycles. The lowest BCUT2D eigenvalue weighted by atomic mass is 9.80. The molecule has 1 aromatic carbocycles. The van der Waals surface area contributed by atoms with Gasteiger partial charge >= 0.3 is 5.97 Å². The van der Waals surface area contributed by atoms with Crippen LogP contribution in [0.25, 0.3) is 0 Å². The third-order valence-electron chi connectivity index (χ3n) is 3.31. The number of hydrogen-bond donors (Lipinski definition) is 2. The topological polar surface area (TPSA) is 75.6 Å². The minimum Gasteiger partial charge on any atom is -0.493 e. The van der Waals surface area contributed by atoms with E-state index < -0.39 is 5.97 Å². The molecule has 108 valence electrons. The van der Waals surface area contributed by atoms with E-state index in [9.17, 15) is 9.59 Å². The predicted octanol–water partition coefficient (Wildman–Crippen LogP) is 2.33. The van der Waals surface area contributed by atoms with E-state index in [1.807, 2.05) is 6.92 Å². The van der Waals surface area contributed by atoms with E-state index in [1.165, 1.54) is 0 Å². The molecule has 2 N–H and O–H groups in total. The van der Waals surface area contributed by atoms with Crippen molar-refractivity contribution in [2.45, 2.75) is 25.8 Å². The van der Waals surface area contributed by atoms with E-state index >= 15 is 0 Å². The van der Waals surface area contributed by atoms with Crippen molar-refractivity contribution in [2.75, 3.05) is 6.61 Å². The van der Waals surface area contributed by atoms with Crippen LogP contribution in [0.3, 0.4) is 0 Å². The number of carboxylic acids is 1. The fraction of sp³-hybridized carbons (Fsp3) is 0.429. The molecule has 0 spiro atoms. The number of nitrogens with one attached hydrogen (secondary N) is 1. The van der Waals surface area contributed by atoms with Crippen molar-refractivity contribution in [2.24, 2.45) is 5.92 Å². The van der Waals surface area contributed by atoms with Crippen LogP contribution < -0.4 is 10.1 Å². The summed E-state index contributed by atoms with van der Waals surface area (Å²) < 4.78 is 5.39. The van der Waals surface area contributed by atoms with E-state index in [-0.39, 0.29) is 17.9 Å². The van der Waals surface area contributed by atoms with Crippen molar-refractivity contribution < 1.29 is 19.4 Å². The quantitative estimate of drug-likeness (QED) is 0.874. The van der Waals surface area contributed by atoms with E-state index in [0.29, 0.717) is 35.8 Å². The van der Waals surface area contributed by atoms with Gasteiger partial charge in [0, 0.05) is 11.1 Å². The average Bonchev–Trinajstić information content (AvgIpc) is 2.33. The molecule has 0 aliphatic heterocycles. The highest BCUT2D eigenvalue weighted by molar-refractivity contribution is 6.30. The number of carbonyl (C=O) groups is 2. The predicted molar refractivity (Wildman–Crippen MR) is 74.2 cm³/mol. The van der Waals surface area contributed by atoms with Gasteiger partial charge < -0.3 is 15.2 Å². The monoisotopic (exact) mass is 297 g/mol. The maximum Gasteiger partial charge on any atom is 0.306 e. The number of carbonyl (C=O) groups excluding carboxylic acids is 1. The van der Waals surface area contributed by atoms with Crippen LogP contribution in [0.15, 0.2) is 18.2 Å². The minimum atomic E-state index is -0.808. The largest absolute Gasteiger partial charge is 0.493 e. The molecule has 1 aliphatic carbocycles. The number of rotatable bonds is 5. The third kappa shape index (κ3) is 3.22. The normalized spacial score (nSPS) is 20.9. The molecular formula is C14H16ClNO4. The zero-order chi connectivity index (χ0) is 14.7. The molecule has 0 saturated heterocycles. The SMILES string of the molecule is CCOc1cc(Cl)ccc1C(=O)NC1CC(C(=O)O)C1. The summed E-state index contributed by atoms with van der Waals surface area (Å²) >= 11 is 5.88. The van der Waals surface area contributed by atoms with E-state index in [2.05, 4.69) is 5.32 Å². The second kappa shape index (κ2) is 6.13. The Morgan fingerprint density at radius 1 is 1.45 bits per heavy atom. The Kier molecular flexibility index (Phi) is 4.49. The van der Waals surface area contributed by atoms with Crippen LogP contribution in [0.1, 0.15) is 30.1 Å². The molecule has 1 aliphatic rings. The van der Waals surface area contributed by atoms with Crippen molar-refractivity contribution in [3.63, 3.8) is 0 Å². The second-order valence-electron chi connectivity index (χ2n) is 4.75. The van der Waals surface area contributed by atoms with Crippen LogP contribution in [0, 0.1) is 5.92 Å². The highest BCUT2D eigenvalue weighted by Gasteiger charge is 2.35. The summed E-state index contributed by atoms with van der Waals surface area (Å²) in [5.74, 6) is -0.987. The fourth-order valence-electron chi connectivity index (χ4n) is 2.16. The molecule has 0 heterocycles. The van der Waals surface area contributed by atoms with Crippen LogP contribution in [-0.4, -0.2) is 29.6 Å². The first-order valence-corrected chi connectivity index (χ1v) is 6.85. The number of hydrogen-bond acceptors (Lipinski definition) is 3. The van der Waals surface area contributed by atoms with Gasteiger partial charge in [0.25, 0.3) is 5.91 Å².